The third kappa shape index (κ3) is 2.77. The maximum Gasteiger partial charge on any atom is 0.141 e. The number of fused-ring (bicyclic) bond motifs is 1. The maximum atomic E-state index is 6.18. The number of thiophene rings is 1. The van der Waals surface area contributed by atoms with E-state index in [0.717, 1.165) is 29.6 Å². The van der Waals surface area contributed by atoms with E-state index in [9.17, 15) is 0 Å². The first-order chi connectivity index (χ1) is 9.67. The summed E-state index contributed by atoms with van der Waals surface area (Å²) < 4.78 is 6.18. The minimum Gasteiger partial charge on any atom is -0.366 e. The molecule has 4 nitrogen and oxygen atoms in total. The minimum atomic E-state index is -0.184. The number of rotatable bonds is 1. The van der Waals surface area contributed by atoms with Crippen LogP contribution in [0.3, 0.4) is 0 Å². The molecule has 1 aliphatic heterocycles. The summed E-state index contributed by atoms with van der Waals surface area (Å²) >= 11 is 1.70. The Morgan fingerprint density at radius 2 is 1.71 bits per heavy atom. The van der Waals surface area contributed by atoms with Crippen LogP contribution in [0.15, 0.2) is 5.38 Å². The molecule has 114 valence electrons. The summed E-state index contributed by atoms with van der Waals surface area (Å²) in [7, 11) is 0. The van der Waals surface area contributed by atoms with Gasteiger partial charge in [-0.3, -0.25) is 0 Å². The van der Waals surface area contributed by atoms with Crippen molar-refractivity contribution in [3.05, 3.63) is 16.8 Å². The molecule has 1 saturated heterocycles. The van der Waals surface area contributed by atoms with Crippen molar-refractivity contribution in [2.75, 3.05) is 18.0 Å². The summed E-state index contributed by atoms with van der Waals surface area (Å²) in [6.45, 7) is 14.4. The van der Waals surface area contributed by atoms with Crippen molar-refractivity contribution in [1.29, 1.82) is 0 Å². The summed E-state index contributed by atoms with van der Waals surface area (Å²) in [5.74, 6) is 1.89. The summed E-state index contributed by atoms with van der Waals surface area (Å²) in [4.78, 5) is 12.8. The van der Waals surface area contributed by atoms with Crippen LogP contribution in [0.2, 0.25) is 0 Å². The molecule has 0 aliphatic carbocycles. The molecule has 1 aliphatic rings. The van der Waals surface area contributed by atoms with Gasteiger partial charge >= 0.3 is 0 Å². The zero-order valence-corrected chi connectivity index (χ0v) is 14.5. The molecule has 21 heavy (non-hydrogen) atoms. The Bertz CT molecular complexity index is 674. The van der Waals surface area contributed by atoms with Crippen LogP contribution in [-0.4, -0.2) is 34.3 Å². The second-order valence-electron chi connectivity index (χ2n) is 7.17. The molecule has 5 heteroatoms. The second-order valence-corrected chi connectivity index (χ2v) is 8.03. The molecule has 0 unspecified atom stereocenters. The zero-order valence-electron chi connectivity index (χ0n) is 13.6. The second kappa shape index (κ2) is 4.65. The van der Waals surface area contributed by atoms with Crippen LogP contribution in [0.25, 0.3) is 10.2 Å². The van der Waals surface area contributed by atoms with Gasteiger partial charge in [-0.1, -0.05) is 0 Å². The van der Waals surface area contributed by atoms with E-state index < -0.39 is 0 Å². The summed E-state index contributed by atoms with van der Waals surface area (Å²) in [6.07, 6.45) is 0. The van der Waals surface area contributed by atoms with E-state index in [4.69, 9.17) is 9.72 Å². The van der Waals surface area contributed by atoms with Gasteiger partial charge in [-0.25, -0.2) is 9.97 Å². The van der Waals surface area contributed by atoms with Crippen LogP contribution < -0.4 is 4.90 Å². The maximum absolute atomic E-state index is 6.18. The van der Waals surface area contributed by atoms with Gasteiger partial charge < -0.3 is 9.64 Å². The largest absolute Gasteiger partial charge is 0.366 e. The summed E-state index contributed by atoms with van der Waals surface area (Å²) in [5, 5.41) is 3.36. The first-order valence-corrected chi connectivity index (χ1v) is 8.22. The zero-order chi connectivity index (χ0) is 15.4. The van der Waals surface area contributed by atoms with Crippen molar-refractivity contribution in [3.63, 3.8) is 0 Å². The van der Waals surface area contributed by atoms with Gasteiger partial charge in [0.25, 0.3) is 0 Å². The number of hydrogen-bond donors (Lipinski definition) is 0. The Hall–Kier alpha value is -1.20. The molecule has 0 amide bonds. The molecular weight excluding hydrogens is 282 g/mol. The fourth-order valence-electron chi connectivity index (χ4n) is 3.33. The summed E-state index contributed by atoms with van der Waals surface area (Å²) in [5.41, 5.74) is 0.889. The molecule has 3 heterocycles. The van der Waals surface area contributed by atoms with E-state index in [2.05, 4.69) is 49.9 Å². The van der Waals surface area contributed by atoms with Gasteiger partial charge in [0.2, 0.25) is 0 Å². The SMILES string of the molecule is Cc1nc(N2CC(C)(C)OC(C)(C)C2)c2c(C)csc2n1. The monoisotopic (exact) mass is 305 g/mol. The van der Waals surface area contributed by atoms with Gasteiger partial charge in [0.1, 0.15) is 16.5 Å². The number of aromatic nitrogens is 2. The lowest BCUT2D eigenvalue weighted by Gasteiger charge is -2.47. The molecule has 0 spiro atoms. The van der Waals surface area contributed by atoms with Gasteiger partial charge in [-0.2, -0.15) is 0 Å². The Balaban J connectivity index is 2.13. The number of aryl methyl sites for hydroxylation is 2. The van der Waals surface area contributed by atoms with Gasteiger partial charge in [0.05, 0.1) is 16.6 Å². The number of ether oxygens (including phenoxy) is 1. The highest BCUT2D eigenvalue weighted by Gasteiger charge is 2.39. The fourth-order valence-corrected chi connectivity index (χ4v) is 4.29. The summed E-state index contributed by atoms with van der Waals surface area (Å²) in [6, 6.07) is 0. The van der Waals surface area contributed by atoms with Crippen molar-refractivity contribution in [1.82, 2.24) is 9.97 Å². The first kappa shape index (κ1) is 14.7. The lowest BCUT2D eigenvalue weighted by molar-refractivity contribution is -0.133. The minimum absolute atomic E-state index is 0.184. The van der Waals surface area contributed by atoms with E-state index in [0.29, 0.717) is 0 Å². The number of nitrogens with zero attached hydrogens (tertiary/aromatic N) is 3. The van der Waals surface area contributed by atoms with Crippen molar-refractivity contribution >= 4 is 27.4 Å². The van der Waals surface area contributed by atoms with E-state index in [1.165, 1.54) is 10.9 Å². The smallest absolute Gasteiger partial charge is 0.141 e. The van der Waals surface area contributed by atoms with E-state index >= 15 is 0 Å². The standard InChI is InChI=1S/C16H23N3OS/c1-10-7-21-14-12(10)13(17-11(2)18-14)19-8-15(3,4)20-16(5,6)9-19/h7H,8-9H2,1-6H3. The van der Waals surface area contributed by atoms with Crippen LogP contribution in [0.4, 0.5) is 5.82 Å². The number of hydrogen-bond acceptors (Lipinski definition) is 5. The average molecular weight is 305 g/mol. The molecular formula is C16H23N3OS. The van der Waals surface area contributed by atoms with Crippen LogP contribution in [0, 0.1) is 13.8 Å². The van der Waals surface area contributed by atoms with Crippen molar-refractivity contribution < 1.29 is 4.74 Å². The molecule has 0 N–H and O–H groups in total. The topological polar surface area (TPSA) is 38.2 Å². The Labute approximate surface area is 130 Å². The van der Waals surface area contributed by atoms with Crippen molar-refractivity contribution in [3.8, 4) is 0 Å². The molecule has 0 saturated carbocycles. The normalized spacial score (nSPS) is 21.0. The van der Waals surface area contributed by atoms with E-state index in [1.54, 1.807) is 11.3 Å². The third-order valence-corrected chi connectivity index (χ3v) is 4.70. The molecule has 0 aromatic carbocycles. The van der Waals surface area contributed by atoms with Crippen LogP contribution in [0.5, 0.6) is 0 Å². The van der Waals surface area contributed by atoms with Gasteiger partial charge in [-0.15, -0.1) is 11.3 Å². The molecule has 2 aromatic heterocycles. The average Bonchev–Trinajstić information content (AvgIpc) is 2.66. The molecule has 0 bridgehead atoms. The molecule has 0 radical (unpaired) electrons. The van der Waals surface area contributed by atoms with Gasteiger partial charge in [-0.05, 0) is 52.5 Å². The van der Waals surface area contributed by atoms with Gasteiger partial charge in [0, 0.05) is 13.1 Å². The first-order valence-electron chi connectivity index (χ1n) is 7.34. The number of anilines is 1. The Morgan fingerprint density at radius 1 is 1.10 bits per heavy atom. The Morgan fingerprint density at radius 3 is 2.33 bits per heavy atom. The highest BCUT2D eigenvalue weighted by molar-refractivity contribution is 7.17. The molecule has 2 aromatic rings. The molecule has 1 fully saturated rings. The van der Waals surface area contributed by atoms with Crippen molar-refractivity contribution in [2.45, 2.75) is 52.7 Å². The number of morpholine rings is 1. The highest BCUT2D eigenvalue weighted by Crippen LogP contribution is 2.36. The molecule has 3 rings (SSSR count). The quantitative estimate of drug-likeness (QED) is 0.805. The fraction of sp³-hybridized carbons (Fsp3) is 0.625. The predicted molar refractivity (Wildman–Crippen MR) is 88.3 cm³/mol. The predicted octanol–water partition coefficient (Wildman–Crippen LogP) is 3.70. The highest BCUT2D eigenvalue weighted by atomic mass is 32.1. The third-order valence-electron chi connectivity index (χ3n) is 3.71. The van der Waals surface area contributed by atoms with E-state index in [1.807, 2.05) is 6.92 Å². The van der Waals surface area contributed by atoms with E-state index in [-0.39, 0.29) is 11.2 Å². The molecule has 0 atom stereocenters. The van der Waals surface area contributed by atoms with Gasteiger partial charge in [0.15, 0.2) is 0 Å². The lowest BCUT2D eigenvalue weighted by atomic mass is 9.98. The van der Waals surface area contributed by atoms with Crippen LogP contribution >= 0.6 is 11.3 Å². The van der Waals surface area contributed by atoms with Crippen molar-refractivity contribution in [2.24, 2.45) is 0 Å². The Kier molecular flexibility index (Phi) is 3.26. The lowest BCUT2D eigenvalue weighted by Crippen LogP contribution is -2.57. The van der Waals surface area contributed by atoms with Crippen LogP contribution in [-0.2, 0) is 4.74 Å². The van der Waals surface area contributed by atoms with Crippen LogP contribution in [0.1, 0.15) is 39.1 Å².